The first-order valence-electron chi connectivity index (χ1n) is 8.86. The lowest BCUT2D eigenvalue weighted by molar-refractivity contribution is 0.0687. The Kier molecular flexibility index (Phi) is 5.76. The van der Waals surface area contributed by atoms with Crippen molar-refractivity contribution in [1.29, 1.82) is 0 Å². The van der Waals surface area contributed by atoms with Crippen LogP contribution < -0.4 is 9.47 Å². The normalized spacial score (nSPS) is 15.0. The fourth-order valence-electron chi connectivity index (χ4n) is 3.44. The Morgan fingerprint density at radius 2 is 1.77 bits per heavy atom. The smallest absolute Gasteiger partial charge is 0.257 e. The van der Waals surface area contributed by atoms with E-state index in [1.54, 1.807) is 32.4 Å². The second-order valence-corrected chi connectivity index (χ2v) is 6.63. The highest BCUT2D eigenvalue weighted by atomic mass is 19.1. The van der Waals surface area contributed by atoms with Gasteiger partial charge in [-0.2, -0.15) is 0 Å². The van der Waals surface area contributed by atoms with Crippen molar-refractivity contribution < 1.29 is 18.7 Å². The Hall–Kier alpha value is -2.56. The van der Waals surface area contributed by atoms with E-state index in [0.29, 0.717) is 23.0 Å². The van der Waals surface area contributed by atoms with Crippen molar-refractivity contribution in [2.75, 3.05) is 27.3 Å². The first-order valence-corrected chi connectivity index (χ1v) is 8.86. The van der Waals surface area contributed by atoms with Crippen LogP contribution in [0.1, 0.15) is 28.8 Å². The van der Waals surface area contributed by atoms with Crippen molar-refractivity contribution in [3.63, 3.8) is 0 Å². The molecule has 2 aromatic carbocycles. The molecule has 3 rings (SSSR count). The van der Waals surface area contributed by atoms with E-state index in [0.717, 1.165) is 37.9 Å². The summed E-state index contributed by atoms with van der Waals surface area (Å²) in [5.41, 5.74) is 1.71. The molecule has 138 valence electrons. The number of halogens is 1. The molecule has 1 saturated heterocycles. The van der Waals surface area contributed by atoms with Crippen LogP contribution in [0, 0.1) is 11.7 Å². The lowest BCUT2D eigenvalue weighted by Crippen LogP contribution is -2.39. The van der Waals surface area contributed by atoms with Crippen LogP contribution in [0.2, 0.25) is 0 Å². The van der Waals surface area contributed by atoms with Crippen LogP contribution in [-0.2, 0) is 6.42 Å². The maximum absolute atomic E-state index is 13.0. The van der Waals surface area contributed by atoms with Gasteiger partial charge in [0.2, 0.25) is 0 Å². The van der Waals surface area contributed by atoms with Crippen LogP contribution in [0.5, 0.6) is 11.5 Å². The molecule has 0 bridgehead atoms. The summed E-state index contributed by atoms with van der Waals surface area (Å²) >= 11 is 0. The molecule has 0 unspecified atom stereocenters. The summed E-state index contributed by atoms with van der Waals surface area (Å²) in [4.78, 5) is 14.7. The number of likely N-dealkylation sites (tertiary alicyclic amines) is 1. The monoisotopic (exact) mass is 357 g/mol. The van der Waals surface area contributed by atoms with Crippen molar-refractivity contribution in [3.05, 3.63) is 59.4 Å². The molecule has 1 aliphatic rings. The van der Waals surface area contributed by atoms with Crippen molar-refractivity contribution in [3.8, 4) is 11.5 Å². The number of rotatable bonds is 5. The molecular formula is C21H24FNO3. The Bertz CT molecular complexity index is 752. The summed E-state index contributed by atoms with van der Waals surface area (Å²) in [6, 6.07) is 12.0. The number of carbonyl (C=O) groups excluding carboxylic acids is 1. The summed E-state index contributed by atoms with van der Waals surface area (Å²) in [5.74, 6) is 1.49. The number of hydrogen-bond donors (Lipinski definition) is 0. The molecule has 5 heteroatoms. The Morgan fingerprint density at radius 3 is 2.38 bits per heavy atom. The maximum Gasteiger partial charge on any atom is 0.257 e. The molecule has 0 aliphatic carbocycles. The third kappa shape index (κ3) is 4.15. The second-order valence-electron chi connectivity index (χ2n) is 6.63. The van der Waals surface area contributed by atoms with Gasteiger partial charge in [0.15, 0.2) is 0 Å². The topological polar surface area (TPSA) is 38.8 Å². The van der Waals surface area contributed by atoms with E-state index in [-0.39, 0.29) is 11.7 Å². The van der Waals surface area contributed by atoms with Gasteiger partial charge < -0.3 is 14.4 Å². The number of methoxy groups -OCH3 is 2. The predicted molar refractivity (Wildman–Crippen MR) is 98.3 cm³/mol. The zero-order valence-electron chi connectivity index (χ0n) is 15.2. The Labute approximate surface area is 153 Å². The van der Waals surface area contributed by atoms with Crippen LogP contribution >= 0.6 is 0 Å². The molecule has 26 heavy (non-hydrogen) atoms. The van der Waals surface area contributed by atoms with Gasteiger partial charge in [-0.3, -0.25) is 4.79 Å². The van der Waals surface area contributed by atoms with Gasteiger partial charge in [0, 0.05) is 19.2 Å². The van der Waals surface area contributed by atoms with Crippen molar-refractivity contribution >= 4 is 5.91 Å². The third-order valence-electron chi connectivity index (χ3n) is 4.98. The number of benzene rings is 2. The van der Waals surface area contributed by atoms with E-state index in [9.17, 15) is 9.18 Å². The largest absolute Gasteiger partial charge is 0.497 e. The molecule has 0 radical (unpaired) electrons. The molecule has 1 amide bonds. The minimum Gasteiger partial charge on any atom is -0.497 e. The molecule has 0 atom stereocenters. The summed E-state index contributed by atoms with van der Waals surface area (Å²) in [7, 11) is 3.14. The number of piperidine rings is 1. The molecule has 0 N–H and O–H groups in total. The highest BCUT2D eigenvalue weighted by Gasteiger charge is 2.25. The lowest BCUT2D eigenvalue weighted by Gasteiger charge is -2.32. The Morgan fingerprint density at radius 1 is 1.08 bits per heavy atom. The van der Waals surface area contributed by atoms with E-state index in [1.807, 2.05) is 17.0 Å². The zero-order valence-corrected chi connectivity index (χ0v) is 15.2. The predicted octanol–water partition coefficient (Wildman–Crippen LogP) is 3.94. The van der Waals surface area contributed by atoms with Crippen molar-refractivity contribution in [2.24, 2.45) is 5.92 Å². The average molecular weight is 357 g/mol. The lowest BCUT2D eigenvalue weighted by atomic mass is 9.90. The van der Waals surface area contributed by atoms with E-state index in [4.69, 9.17) is 9.47 Å². The summed E-state index contributed by atoms with van der Waals surface area (Å²) in [5, 5.41) is 0. The number of amides is 1. The van der Waals surface area contributed by atoms with E-state index < -0.39 is 0 Å². The minimum absolute atomic E-state index is 0.00950. The standard InChI is InChI=1S/C21H24FNO3/c1-25-18-7-8-19(20(14-18)26-2)21(24)23-11-9-16(10-12-23)13-15-3-5-17(22)6-4-15/h3-8,14,16H,9-13H2,1-2H3. The SMILES string of the molecule is COc1ccc(C(=O)N2CCC(Cc3ccc(F)cc3)CC2)c(OC)c1. The summed E-state index contributed by atoms with van der Waals surface area (Å²) in [6.07, 6.45) is 2.82. The molecule has 0 aromatic heterocycles. The molecule has 4 nitrogen and oxygen atoms in total. The van der Waals surface area contributed by atoms with Crippen LogP contribution in [0.3, 0.4) is 0 Å². The van der Waals surface area contributed by atoms with Crippen molar-refractivity contribution in [2.45, 2.75) is 19.3 Å². The van der Waals surface area contributed by atoms with Gasteiger partial charge >= 0.3 is 0 Å². The van der Waals surface area contributed by atoms with E-state index in [2.05, 4.69) is 0 Å². The summed E-state index contributed by atoms with van der Waals surface area (Å²) in [6.45, 7) is 1.44. The first-order chi connectivity index (χ1) is 12.6. The van der Waals surface area contributed by atoms with Gasteiger partial charge in [0.1, 0.15) is 17.3 Å². The molecular weight excluding hydrogens is 333 g/mol. The fourth-order valence-corrected chi connectivity index (χ4v) is 3.44. The zero-order chi connectivity index (χ0) is 18.5. The Balaban J connectivity index is 1.60. The highest BCUT2D eigenvalue weighted by molar-refractivity contribution is 5.97. The number of carbonyl (C=O) groups is 1. The van der Waals surface area contributed by atoms with Crippen LogP contribution in [0.4, 0.5) is 4.39 Å². The van der Waals surface area contributed by atoms with Gasteiger partial charge in [0.05, 0.1) is 19.8 Å². The summed E-state index contributed by atoms with van der Waals surface area (Å²) < 4.78 is 23.6. The first kappa shape index (κ1) is 18.2. The molecule has 1 heterocycles. The minimum atomic E-state index is -0.206. The number of ether oxygens (including phenoxy) is 2. The molecule has 1 aliphatic heterocycles. The van der Waals surface area contributed by atoms with Crippen LogP contribution in [0.15, 0.2) is 42.5 Å². The second kappa shape index (κ2) is 8.21. The number of hydrogen-bond acceptors (Lipinski definition) is 3. The molecule has 0 saturated carbocycles. The number of nitrogens with zero attached hydrogens (tertiary/aromatic N) is 1. The molecule has 0 spiro atoms. The van der Waals surface area contributed by atoms with Crippen LogP contribution in [0.25, 0.3) is 0 Å². The average Bonchev–Trinajstić information content (AvgIpc) is 2.69. The van der Waals surface area contributed by atoms with Crippen LogP contribution in [-0.4, -0.2) is 38.1 Å². The molecule has 1 fully saturated rings. The maximum atomic E-state index is 13.0. The molecule has 2 aromatic rings. The van der Waals surface area contributed by atoms with Gasteiger partial charge in [-0.05, 0) is 55.0 Å². The quantitative estimate of drug-likeness (QED) is 0.814. The van der Waals surface area contributed by atoms with Gasteiger partial charge in [-0.1, -0.05) is 12.1 Å². The van der Waals surface area contributed by atoms with Gasteiger partial charge in [0.25, 0.3) is 5.91 Å². The van der Waals surface area contributed by atoms with Crippen molar-refractivity contribution in [1.82, 2.24) is 4.90 Å². The van der Waals surface area contributed by atoms with Gasteiger partial charge in [-0.25, -0.2) is 4.39 Å². The fraction of sp³-hybridized carbons (Fsp3) is 0.381. The highest BCUT2D eigenvalue weighted by Crippen LogP contribution is 2.28. The van der Waals surface area contributed by atoms with E-state index >= 15 is 0 Å². The van der Waals surface area contributed by atoms with Gasteiger partial charge in [-0.15, -0.1) is 0 Å². The van der Waals surface area contributed by atoms with E-state index in [1.165, 1.54) is 12.1 Å². The third-order valence-corrected chi connectivity index (χ3v) is 4.98.